The van der Waals surface area contributed by atoms with Crippen molar-refractivity contribution in [3.8, 4) is 0 Å². The van der Waals surface area contributed by atoms with Gasteiger partial charge in [-0.25, -0.2) is 0 Å². The molecule has 1 aliphatic rings. The zero-order chi connectivity index (χ0) is 21.4. The lowest BCUT2D eigenvalue weighted by molar-refractivity contribution is -0.143. The highest BCUT2D eigenvalue weighted by Gasteiger charge is 2.37. The second-order valence-corrected chi connectivity index (χ2v) is 7.42. The van der Waals surface area contributed by atoms with Crippen LogP contribution in [0.4, 0.5) is 32.0 Å². The van der Waals surface area contributed by atoms with Gasteiger partial charge < -0.3 is 10.6 Å². The first-order valence-electron chi connectivity index (χ1n) is 9.03. The molecule has 0 aromatic heterocycles. The zero-order valence-electron chi connectivity index (χ0n) is 15.4. The molecule has 2 nitrogen and oxygen atoms in total. The Morgan fingerprint density at radius 1 is 0.931 bits per heavy atom. The summed E-state index contributed by atoms with van der Waals surface area (Å²) in [7, 11) is 0. The molecule has 0 radical (unpaired) electrons. The first-order valence-corrected chi connectivity index (χ1v) is 9.41. The Hall–Kier alpha value is -1.93. The minimum Gasteiger partial charge on any atom is -0.377 e. The van der Waals surface area contributed by atoms with E-state index in [0.717, 1.165) is 36.2 Å². The van der Waals surface area contributed by atoms with Crippen molar-refractivity contribution >= 4 is 17.3 Å². The van der Waals surface area contributed by atoms with Gasteiger partial charge in [0, 0.05) is 6.04 Å². The van der Waals surface area contributed by atoms with E-state index in [1.165, 1.54) is 6.92 Å². The summed E-state index contributed by atoms with van der Waals surface area (Å²) in [6.45, 7) is 3.00. The Balaban J connectivity index is 2.01. The lowest BCUT2D eigenvalue weighted by Gasteiger charge is -2.23. The van der Waals surface area contributed by atoms with Gasteiger partial charge in [-0.2, -0.15) is 26.3 Å². The Morgan fingerprint density at radius 2 is 1.52 bits per heavy atom. The van der Waals surface area contributed by atoms with E-state index < -0.39 is 29.5 Å². The molecule has 158 valence electrons. The molecule has 2 aromatic carbocycles. The maximum atomic E-state index is 13.1. The van der Waals surface area contributed by atoms with Crippen molar-refractivity contribution in [2.75, 3.05) is 18.4 Å². The highest BCUT2D eigenvalue weighted by molar-refractivity contribution is 6.33. The molecular formula is C20H19ClF6N2. The van der Waals surface area contributed by atoms with Crippen molar-refractivity contribution in [2.24, 2.45) is 0 Å². The Morgan fingerprint density at radius 3 is 2.10 bits per heavy atom. The summed E-state index contributed by atoms with van der Waals surface area (Å²) in [5.74, 6) is 0. The third kappa shape index (κ3) is 4.98. The maximum Gasteiger partial charge on any atom is 0.416 e. The van der Waals surface area contributed by atoms with Crippen LogP contribution < -0.4 is 10.6 Å². The van der Waals surface area contributed by atoms with Gasteiger partial charge in [-0.3, -0.25) is 0 Å². The molecule has 0 saturated carbocycles. The first-order chi connectivity index (χ1) is 13.5. The van der Waals surface area contributed by atoms with E-state index in [0.29, 0.717) is 23.7 Å². The largest absolute Gasteiger partial charge is 0.416 e. The summed E-state index contributed by atoms with van der Waals surface area (Å²) in [5.41, 5.74) is -0.262. The summed E-state index contributed by atoms with van der Waals surface area (Å²) < 4.78 is 78.9. The minimum atomic E-state index is -4.89. The predicted octanol–water partition coefficient (Wildman–Crippen LogP) is 6.24. The van der Waals surface area contributed by atoms with Crippen molar-refractivity contribution < 1.29 is 26.3 Å². The molecular weight excluding hydrogens is 418 g/mol. The number of halogens is 7. The molecule has 2 aromatic rings. The molecule has 0 amide bonds. The van der Waals surface area contributed by atoms with Crippen LogP contribution >= 0.6 is 11.6 Å². The van der Waals surface area contributed by atoms with Crippen molar-refractivity contribution in [2.45, 2.75) is 38.2 Å². The quantitative estimate of drug-likeness (QED) is 0.557. The molecule has 2 N–H and O–H groups in total. The third-order valence-corrected chi connectivity index (χ3v) is 5.27. The van der Waals surface area contributed by atoms with Crippen LogP contribution in [0.1, 0.15) is 40.8 Å². The smallest absolute Gasteiger partial charge is 0.377 e. The standard InChI is InChI=1S/C20H19ClF6N2/c1-11(13-8-14(19(22,23)24)10-15(9-13)20(25,26)27)29-18-16-5-7-28-6-4-12(16)2-3-17(18)21/h2-3,8-11,28-29H,4-7H2,1H3. The van der Waals surface area contributed by atoms with Gasteiger partial charge >= 0.3 is 12.4 Å². The highest BCUT2D eigenvalue weighted by atomic mass is 35.5. The Kier molecular flexibility index (Phi) is 6.06. The SMILES string of the molecule is CC(Nc1c(Cl)ccc2c1CCNCC2)c1cc(C(F)(F)F)cc(C(F)(F)F)c1. The van der Waals surface area contributed by atoms with Crippen LogP contribution in [-0.2, 0) is 25.2 Å². The number of rotatable bonds is 3. The molecule has 1 atom stereocenters. The molecule has 0 fully saturated rings. The number of nitrogens with one attached hydrogen (secondary N) is 2. The molecule has 9 heteroatoms. The Bertz CT molecular complexity index is 860. The fourth-order valence-corrected chi connectivity index (χ4v) is 3.66. The van der Waals surface area contributed by atoms with Crippen LogP contribution in [0.5, 0.6) is 0 Å². The molecule has 0 aliphatic carbocycles. The molecule has 3 rings (SSSR count). The van der Waals surface area contributed by atoms with Crippen LogP contribution in [0.15, 0.2) is 30.3 Å². The molecule has 1 heterocycles. The minimum absolute atomic E-state index is 0.118. The molecule has 0 saturated heterocycles. The van der Waals surface area contributed by atoms with Gasteiger partial charge in [0.15, 0.2) is 0 Å². The van der Waals surface area contributed by atoms with E-state index in [1.807, 2.05) is 6.07 Å². The molecule has 29 heavy (non-hydrogen) atoms. The van der Waals surface area contributed by atoms with Crippen molar-refractivity contribution in [3.63, 3.8) is 0 Å². The summed E-state index contributed by atoms with van der Waals surface area (Å²) in [6, 6.07) is 4.37. The topological polar surface area (TPSA) is 24.1 Å². The predicted molar refractivity (Wildman–Crippen MR) is 100 cm³/mol. The summed E-state index contributed by atoms with van der Waals surface area (Å²) >= 11 is 6.31. The van der Waals surface area contributed by atoms with Gasteiger partial charge in [-0.1, -0.05) is 17.7 Å². The molecule has 0 spiro atoms. The fourth-order valence-electron chi connectivity index (χ4n) is 3.43. The van der Waals surface area contributed by atoms with Crippen molar-refractivity contribution in [1.29, 1.82) is 0 Å². The van der Waals surface area contributed by atoms with Gasteiger partial charge in [0.1, 0.15) is 0 Å². The second kappa shape index (κ2) is 8.07. The van der Waals surface area contributed by atoms with Gasteiger partial charge in [0.2, 0.25) is 0 Å². The van der Waals surface area contributed by atoms with Crippen molar-refractivity contribution in [1.82, 2.24) is 5.32 Å². The summed E-state index contributed by atoms with van der Waals surface area (Å²) in [4.78, 5) is 0. The molecule has 1 aliphatic heterocycles. The first kappa shape index (κ1) is 21.8. The van der Waals surface area contributed by atoms with Gasteiger partial charge in [-0.15, -0.1) is 0 Å². The normalized spacial score (nSPS) is 16.1. The molecule has 0 bridgehead atoms. The van der Waals surface area contributed by atoms with Gasteiger partial charge in [-0.05, 0) is 73.8 Å². The number of anilines is 1. The number of fused-ring (bicyclic) bond motifs is 1. The highest BCUT2D eigenvalue weighted by Crippen LogP contribution is 2.39. The zero-order valence-corrected chi connectivity index (χ0v) is 16.2. The number of hydrogen-bond donors (Lipinski definition) is 2. The van der Waals surface area contributed by atoms with E-state index in [4.69, 9.17) is 11.6 Å². The maximum absolute atomic E-state index is 13.1. The number of benzene rings is 2. The summed E-state index contributed by atoms with van der Waals surface area (Å²) in [6.07, 6.45) is -8.36. The van der Waals surface area contributed by atoms with E-state index >= 15 is 0 Å². The van der Waals surface area contributed by atoms with Crippen LogP contribution in [0.25, 0.3) is 0 Å². The van der Waals surface area contributed by atoms with Gasteiger partial charge in [0.25, 0.3) is 0 Å². The van der Waals surface area contributed by atoms with E-state index in [9.17, 15) is 26.3 Å². The van der Waals surface area contributed by atoms with E-state index in [-0.39, 0.29) is 11.6 Å². The monoisotopic (exact) mass is 436 g/mol. The van der Waals surface area contributed by atoms with Crippen LogP contribution in [0.3, 0.4) is 0 Å². The van der Waals surface area contributed by atoms with Gasteiger partial charge in [0.05, 0.1) is 21.8 Å². The third-order valence-electron chi connectivity index (χ3n) is 4.95. The Labute approximate surface area is 169 Å². The number of hydrogen-bond acceptors (Lipinski definition) is 2. The van der Waals surface area contributed by atoms with Crippen LogP contribution in [-0.4, -0.2) is 13.1 Å². The van der Waals surface area contributed by atoms with Crippen molar-refractivity contribution in [3.05, 3.63) is 63.2 Å². The fraction of sp³-hybridized carbons (Fsp3) is 0.400. The summed E-state index contributed by atoms with van der Waals surface area (Å²) in [5, 5.41) is 6.67. The lowest BCUT2D eigenvalue weighted by Crippen LogP contribution is -2.17. The average molecular weight is 437 g/mol. The second-order valence-electron chi connectivity index (χ2n) is 7.02. The van der Waals surface area contributed by atoms with E-state index in [1.54, 1.807) is 6.07 Å². The molecule has 1 unspecified atom stereocenters. The number of alkyl halides is 6. The van der Waals surface area contributed by atoms with E-state index in [2.05, 4.69) is 10.6 Å². The van der Waals surface area contributed by atoms with Crippen LogP contribution in [0, 0.1) is 0 Å². The van der Waals surface area contributed by atoms with Crippen LogP contribution in [0.2, 0.25) is 5.02 Å². The average Bonchev–Trinajstić information content (AvgIpc) is 2.88. The lowest BCUT2D eigenvalue weighted by atomic mass is 9.97.